The normalized spacial score (nSPS) is 10.9. The Morgan fingerprint density at radius 1 is 1.10 bits per heavy atom. The molecule has 0 fully saturated rings. The first kappa shape index (κ1) is 13.5. The molecule has 0 N–H and O–H groups in total. The van der Waals surface area contributed by atoms with Crippen LogP contribution in [0.1, 0.15) is 16.1 Å². The molecular weight excluding hydrogens is 391 g/mol. The number of hydrogen-bond donors (Lipinski definition) is 0. The van der Waals surface area contributed by atoms with Crippen molar-refractivity contribution in [2.45, 2.75) is 0 Å². The van der Waals surface area contributed by atoms with Crippen LogP contribution in [0, 0.1) is 5.82 Å². The van der Waals surface area contributed by atoms with Crippen LogP contribution in [0.3, 0.4) is 0 Å². The first-order chi connectivity index (χ1) is 9.56. The van der Waals surface area contributed by atoms with Crippen LogP contribution in [-0.2, 0) is 0 Å². The van der Waals surface area contributed by atoms with Crippen molar-refractivity contribution in [3.8, 4) is 0 Å². The van der Waals surface area contributed by atoms with Crippen molar-refractivity contribution in [2.24, 2.45) is 0 Å². The number of benzene rings is 2. The van der Waals surface area contributed by atoms with Gasteiger partial charge in [-0.25, -0.2) is 4.39 Å². The Hall–Kier alpha value is -1.46. The molecule has 0 aliphatic heterocycles. The minimum Gasteiger partial charge on any atom is -0.451 e. The number of halogens is 3. The maximum atomic E-state index is 13.7. The smallest absolute Gasteiger partial charge is 0.231 e. The average Bonchev–Trinajstić information content (AvgIpc) is 2.86. The van der Waals surface area contributed by atoms with Gasteiger partial charge in [0.05, 0.1) is 10.0 Å². The molecule has 0 saturated carbocycles. The van der Waals surface area contributed by atoms with E-state index in [1.165, 1.54) is 12.1 Å². The summed E-state index contributed by atoms with van der Waals surface area (Å²) in [6, 6.07) is 11.3. The summed E-state index contributed by atoms with van der Waals surface area (Å²) in [6.45, 7) is 0. The largest absolute Gasteiger partial charge is 0.451 e. The molecule has 100 valence electrons. The molecule has 0 unspecified atom stereocenters. The molecule has 0 atom stereocenters. The van der Waals surface area contributed by atoms with Crippen LogP contribution in [0.5, 0.6) is 0 Å². The monoisotopic (exact) mass is 396 g/mol. The van der Waals surface area contributed by atoms with Gasteiger partial charge in [0, 0.05) is 9.86 Å². The number of carbonyl (C=O) groups is 1. The minimum atomic E-state index is -0.572. The SMILES string of the molecule is O=C(c1cc2cccc(Br)c2o1)c1cc(Br)ccc1F. The van der Waals surface area contributed by atoms with Crippen molar-refractivity contribution in [3.63, 3.8) is 0 Å². The van der Waals surface area contributed by atoms with E-state index in [-0.39, 0.29) is 11.3 Å². The Balaban J connectivity index is 2.13. The fourth-order valence-electron chi connectivity index (χ4n) is 1.94. The maximum absolute atomic E-state index is 13.7. The Kier molecular flexibility index (Phi) is 3.48. The zero-order valence-corrected chi connectivity index (χ0v) is 13.2. The summed E-state index contributed by atoms with van der Waals surface area (Å²) in [6.07, 6.45) is 0. The molecule has 1 aromatic heterocycles. The molecule has 20 heavy (non-hydrogen) atoms. The van der Waals surface area contributed by atoms with Gasteiger partial charge in [-0.05, 0) is 46.3 Å². The van der Waals surface area contributed by atoms with E-state index in [9.17, 15) is 9.18 Å². The summed E-state index contributed by atoms with van der Waals surface area (Å²) in [5, 5.41) is 0.790. The Bertz CT molecular complexity index is 824. The van der Waals surface area contributed by atoms with Gasteiger partial charge in [0.15, 0.2) is 5.76 Å². The summed E-state index contributed by atoms with van der Waals surface area (Å²) in [5.74, 6) is -0.937. The van der Waals surface area contributed by atoms with E-state index in [4.69, 9.17) is 4.42 Å². The molecule has 0 aliphatic rings. The van der Waals surface area contributed by atoms with Gasteiger partial charge < -0.3 is 4.42 Å². The highest BCUT2D eigenvalue weighted by atomic mass is 79.9. The van der Waals surface area contributed by atoms with Crippen molar-refractivity contribution >= 4 is 48.6 Å². The zero-order chi connectivity index (χ0) is 14.3. The van der Waals surface area contributed by atoms with Gasteiger partial charge in [-0.3, -0.25) is 4.79 Å². The average molecular weight is 398 g/mol. The van der Waals surface area contributed by atoms with Crippen LogP contribution in [-0.4, -0.2) is 5.78 Å². The van der Waals surface area contributed by atoms with E-state index < -0.39 is 11.6 Å². The van der Waals surface area contributed by atoms with Gasteiger partial charge in [-0.1, -0.05) is 28.1 Å². The zero-order valence-electron chi connectivity index (χ0n) is 9.99. The molecule has 1 heterocycles. The molecule has 0 spiro atoms. The van der Waals surface area contributed by atoms with Crippen LogP contribution >= 0.6 is 31.9 Å². The van der Waals surface area contributed by atoms with Crippen LogP contribution in [0.15, 0.2) is 55.8 Å². The summed E-state index contributed by atoms with van der Waals surface area (Å²) < 4.78 is 20.7. The highest BCUT2D eigenvalue weighted by molar-refractivity contribution is 9.11. The Morgan fingerprint density at radius 3 is 2.65 bits per heavy atom. The van der Waals surface area contributed by atoms with E-state index in [1.807, 2.05) is 18.2 Å². The number of rotatable bonds is 2. The standard InChI is InChI=1S/C15H7Br2FO2/c16-9-4-5-12(18)10(7-9)14(19)13-6-8-2-1-3-11(17)15(8)20-13/h1-7H. The highest BCUT2D eigenvalue weighted by Gasteiger charge is 2.19. The van der Waals surface area contributed by atoms with Crippen LogP contribution in [0.4, 0.5) is 4.39 Å². The predicted molar refractivity (Wildman–Crippen MR) is 81.4 cm³/mol. The fourth-order valence-corrected chi connectivity index (χ4v) is 2.77. The third kappa shape index (κ3) is 2.31. The van der Waals surface area contributed by atoms with Crippen molar-refractivity contribution in [3.05, 3.63) is 68.6 Å². The van der Waals surface area contributed by atoms with Crippen molar-refractivity contribution < 1.29 is 13.6 Å². The molecule has 3 aromatic rings. The number of furan rings is 1. The quantitative estimate of drug-likeness (QED) is 0.547. The number of para-hydroxylation sites is 1. The van der Waals surface area contributed by atoms with Gasteiger partial charge >= 0.3 is 0 Å². The van der Waals surface area contributed by atoms with Gasteiger partial charge in [0.25, 0.3) is 0 Å². The third-order valence-corrected chi connectivity index (χ3v) is 4.01. The molecule has 0 aliphatic carbocycles. The Labute approximate surface area is 130 Å². The third-order valence-electron chi connectivity index (χ3n) is 2.89. The van der Waals surface area contributed by atoms with E-state index in [1.54, 1.807) is 12.1 Å². The molecule has 0 saturated heterocycles. The fraction of sp³-hybridized carbons (Fsp3) is 0. The maximum Gasteiger partial charge on any atom is 0.231 e. The van der Waals surface area contributed by atoms with E-state index in [0.717, 1.165) is 9.86 Å². The van der Waals surface area contributed by atoms with E-state index in [0.29, 0.717) is 10.1 Å². The number of hydrogen-bond acceptors (Lipinski definition) is 2. The lowest BCUT2D eigenvalue weighted by Gasteiger charge is -2.00. The second-order valence-corrected chi connectivity index (χ2v) is 5.99. The van der Waals surface area contributed by atoms with Crippen molar-refractivity contribution in [2.75, 3.05) is 0 Å². The second-order valence-electron chi connectivity index (χ2n) is 4.22. The number of fused-ring (bicyclic) bond motifs is 1. The topological polar surface area (TPSA) is 30.2 Å². The molecular formula is C15H7Br2FO2. The predicted octanol–water partition coefficient (Wildman–Crippen LogP) is 5.33. The van der Waals surface area contributed by atoms with Crippen LogP contribution in [0.2, 0.25) is 0 Å². The van der Waals surface area contributed by atoms with Gasteiger partial charge in [-0.2, -0.15) is 0 Å². The molecule has 0 radical (unpaired) electrons. The lowest BCUT2D eigenvalue weighted by molar-refractivity contribution is 0.101. The molecule has 3 rings (SSSR count). The molecule has 2 aromatic carbocycles. The first-order valence-electron chi connectivity index (χ1n) is 5.74. The van der Waals surface area contributed by atoms with Crippen LogP contribution in [0.25, 0.3) is 11.0 Å². The van der Waals surface area contributed by atoms with Crippen molar-refractivity contribution in [1.82, 2.24) is 0 Å². The van der Waals surface area contributed by atoms with Crippen LogP contribution < -0.4 is 0 Å². The van der Waals surface area contributed by atoms with Gasteiger partial charge in [0.1, 0.15) is 11.4 Å². The lowest BCUT2D eigenvalue weighted by atomic mass is 10.1. The van der Waals surface area contributed by atoms with Gasteiger partial charge in [-0.15, -0.1) is 0 Å². The van der Waals surface area contributed by atoms with E-state index in [2.05, 4.69) is 31.9 Å². The summed E-state index contributed by atoms with van der Waals surface area (Å²) in [5.41, 5.74) is 0.556. The second kappa shape index (κ2) is 5.14. The summed E-state index contributed by atoms with van der Waals surface area (Å²) in [4.78, 5) is 12.3. The Morgan fingerprint density at radius 2 is 1.90 bits per heavy atom. The lowest BCUT2D eigenvalue weighted by Crippen LogP contribution is -2.02. The number of ketones is 1. The molecule has 0 bridgehead atoms. The molecule has 0 amide bonds. The van der Waals surface area contributed by atoms with Crippen molar-refractivity contribution in [1.29, 1.82) is 0 Å². The summed E-state index contributed by atoms with van der Waals surface area (Å²) in [7, 11) is 0. The number of carbonyl (C=O) groups excluding carboxylic acids is 1. The van der Waals surface area contributed by atoms with Gasteiger partial charge in [0.2, 0.25) is 5.78 Å². The van der Waals surface area contributed by atoms with E-state index >= 15 is 0 Å². The first-order valence-corrected chi connectivity index (χ1v) is 7.32. The summed E-state index contributed by atoms with van der Waals surface area (Å²) >= 11 is 6.58. The molecule has 5 heteroatoms. The minimum absolute atomic E-state index is 0.0189. The highest BCUT2D eigenvalue weighted by Crippen LogP contribution is 2.28. The molecule has 2 nitrogen and oxygen atoms in total.